The molecule has 0 aliphatic carbocycles. The lowest BCUT2D eigenvalue weighted by Crippen LogP contribution is -2.48. The third kappa shape index (κ3) is 2.78. The Morgan fingerprint density at radius 3 is 2.65 bits per heavy atom. The molecule has 6 heteroatoms. The van der Waals surface area contributed by atoms with Gasteiger partial charge in [0.05, 0.1) is 0 Å². The number of halogens is 3. The molecule has 0 aromatic heterocycles. The number of nitrogens with one attached hydrogen (secondary N) is 1. The van der Waals surface area contributed by atoms with Crippen LogP contribution < -0.4 is 5.32 Å². The topological polar surface area (TPSA) is 27.6 Å². The van der Waals surface area contributed by atoms with E-state index in [1.807, 2.05) is 0 Å². The van der Waals surface area contributed by atoms with Gasteiger partial charge in [0.2, 0.25) is 0 Å². The zero-order valence-electron chi connectivity index (χ0n) is 9.09. The minimum Gasteiger partial charge on any atom is -0.353 e. The van der Waals surface area contributed by atoms with Gasteiger partial charge in [0, 0.05) is 32.4 Å². The van der Waals surface area contributed by atoms with Crippen LogP contribution in [0.1, 0.15) is 0 Å². The van der Waals surface area contributed by atoms with Gasteiger partial charge in [-0.2, -0.15) is 13.2 Å². The van der Waals surface area contributed by atoms with Crippen LogP contribution in [0.2, 0.25) is 0 Å². The summed E-state index contributed by atoms with van der Waals surface area (Å²) < 4.78 is 38.6. The average Bonchev–Trinajstić information content (AvgIpc) is 2.54. The van der Waals surface area contributed by atoms with Crippen LogP contribution in [-0.2, 0) is 0 Å². The van der Waals surface area contributed by atoms with Crippen molar-refractivity contribution in [3.8, 4) is 0 Å². The van der Waals surface area contributed by atoms with E-state index in [2.05, 4.69) is 16.0 Å². The van der Waals surface area contributed by atoms with Crippen molar-refractivity contribution < 1.29 is 13.2 Å². The van der Waals surface area contributed by atoms with E-state index in [1.165, 1.54) is 18.4 Å². The maximum absolute atomic E-state index is 12.9. The Kier molecular flexibility index (Phi) is 3.36. The van der Waals surface area contributed by atoms with Gasteiger partial charge in [-0.1, -0.05) is 0 Å². The van der Waals surface area contributed by atoms with Crippen LogP contribution in [0, 0.1) is 0 Å². The van der Waals surface area contributed by atoms with Crippen LogP contribution in [0.5, 0.6) is 0 Å². The number of alkyl halides is 3. The van der Waals surface area contributed by atoms with E-state index in [0.29, 0.717) is 26.2 Å². The number of rotatable bonds is 0. The predicted octanol–water partition coefficient (Wildman–Crippen LogP) is 1.46. The Bertz CT molecular complexity index is 408. The highest BCUT2D eigenvalue weighted by Gasteiger charge is 2.39. The monoisotopic (exact) mass is 243 g/mol. The average molecular weight is 243 g/mol. The fraction of sp³-hybridized carbons (Fsp3) is 0.455. The van der Waals surface area contributed by atoms with E-state index in [0.717, 1.165) is 0 Å². The van der Waals surface area contributed by atoms with Crippen molar-refractivity contribution in [2.45, 2.75) is 6.18 Å². The molecule has 2 aliphatic heterocycles. The quantitative estimate of drug-likeness (QED) is 0.652. The smallest absolute Gasteiger partial charge is 0.353 e. The highest BCUT2D eigenvalue weighted by molar-refractivity contribution is 6.00. The van der Waals surface area contributed by atoms with Gasteiger partial charge in [-0.3, -0.25) is 0 Å². The summed E-state index contributed by atoms with van der Waals surface area (Å²) in [5.74, 6) is -0.0380. The van der Waals surface area contributed by atoms with Crippen molar-refractivity contribution in [3.63, 3.8) is 0 Å². The molecule has 3 nitrogen and oxygen atoms in total. The summed E-state index contributed by atoms with van der Waals surface area (Å²) in [6.07, 6.45) is -0.377. The van der Waals surface area contributed by atoms with Crippen LogP contribution in [0.15, 0.2) is 34.6 Å². The lowest BCUT2D eigenvalue weighted by molar-refractivity contribution is -0.0868. The first-order chi connectivity index (χ1) is 8.09. The Morgan fingerprint density at radius 2 is 2.00 bits per heavy atom. The SMILES string of the molecule is FC(F)(F)C1=C=CC=CN=C1N1CCNCC1. The number of piperazine rings is 1. The third-order valence-corrected chi connectivity index (χ3v) is 2.53. The minimum absolute atomic E-state index is 0.0380. The van der Waals surface area contributed by atoms with Crippen molar-refractivity contribution in [2.75, 3.05) is 26.2 Å². The van der Waals surface area contributed by atoms with Crippen molar-refractivity contribution >= 4 is 5.84 Å². The molecule has 0 amide bonds. The molecule has 2 aliphatic rings. The highest BCUT2D eigenvalue weighted by atomic mass is 19.4. The molecule has 1 fully saturated rings. The first-order valence-electron chi connectivity index (χ1n) is 5.32. The number of hydrogen-bond donors (Lipinski definition) is 1. The van der Waals surface area contributed by atoms with E-state index in [1.54, 1.807) is 4.90 Å². The van der Waals surface area contributed by atoms with Crippen molar-refractivity contribution in [2.24, 2.45) is 4.99 Å². The van der Waals surface area contributed by atoms with Gasteiger partial charge in [0.15, 0.2) is 0 Å². The third-order valence-electron chi connectivity index (χ3n) is 2.53. The molecule has 92 valence electrons. The van der Waals surface area contributed by atoms with E-state index in [4.69, 9.17) is 0 Å². The number of aliphatic imine (C=N–C) groups is 1. The maximum Gasteiger partial charge on any atom is 0.427 e. The summed E-state index contributed by atoms with van der Waals surface area (Å²) in [4.78, 5) is 5.51. The summed E-state index contributed by atoms with van der Waals surface area (Å²) in [6.45, 7) is 2.37. The van der Waals surface area contributed by atoms with Gasteiger partial charge in [-0.25, -0.2) is 4.99 Å². The first kappa shape index (κ1) is 12.0. The van der Waals surface area contributed by atoms with Crippen molar-refractivity contribution in [1.82, 2.24) is 10.2 Å². The molecule has 17 heavy (non-hydrogen) atoms. The number of amidine groups is 1. The van der Waals surface area contributed by atoms with E-state index in [9.17, 15) is 13.2 Å². The van der Waals surface area contributed by atoms with Gasteiger partial charge in [-0.05, 0) is 12.2 Å². The van der Waals surface area contributed by atoms with Gasteiger partial charge in [0.25, 0.3) is 0 Å². The van der Waals surface area contributed by atoms with E-state index >= 15 is 0 Å². The second-order valence-electron chi connectivity index (χ2n) is 3.72. The second kappa shape index (κ2) is 4.77. The fourth-order valence-electron chi connectivity index (χ4n) is 1.74. The standard InChI is InChI=1S/C11H12F3N3/c12-11(13,14)9-3-1-2-4-16-10(9)17-7-5-15-6-8-17/h1-2,4,15H,5-8H2. The molecular formula is C11H12F3N3. The van der Waals surface area contributed by atoms with Gasteiger partial charge in [0.1, 0.15) is 11.4 Å². The van der Waals surface area contributed by atoms with E-state index < -0.39 is 11.7 Å². The van der Waals surface area contributed by atoms with Crippen LogP contribution >= 0.6 is 0 Å². The molecule has 0 aromatic rings. The molecule has 1 N–H and O–H groups in total. The van der Waals surface area contributed by atoms with Gasteiger partial charge >= 0.3 is 6.18 Å². The van der Waals surface area contributed by atoms with Crippen molar-refractivity contribution in [1.29, 1.82) is 0 Å². The van der Waals surface area contributed by atoms with Crippen LogP contribution in [-0.4, -0.2) is 43.1 Å². The van der Waals surface area contributed by atoms with Crippen LogP contribution in [0.3, 0.4) is 0 Å². The minimum atomic E-state index is -4.42. The molecule has 0 atom stereocenters. The largest absolute Gasteiger partial charge is 0.427 e. The number of allylic oxidation sites excluding steroid dienone is 1. The Balaban J connectivity index is 2.32. The van der Waals surface area contributed by atoms with Gasteiger partial charge in [-0.15, -0.1) is 5.73 Å². The Morgan fingerprint density at radius 1 is 1.29 bits per heavy atom. The molecule has 0 unspecified atom stereocenters. The van der Waals surface area contributed by atoms with Gasteiger partial charge < -0.3 is 10.2 Å². The summed E-state index contributed by atoms with van der Waals surface area (Å²) in [5, 5.41) is 3.09. The summed E-state index contributed by atoms with van der Waals surface area (Å²) in [7, 11) is 0. The Hall–Kier alpha value is -1.52. The maximum atomic E-state index is 12.9. The first-order valence-corrected chi connectivity index (χ1v) is 5.32. The molecular weight excluding hydrogens is 231 g/mol. The van der Waals surface area contributed by atoms with E-state index in [-0.39, 0.29) is 5.84 Å². The number of nitrogens with zero attached hydrogens (tertiary/aromatic N) is 2. The molecule has 0 radical (unpaired) electrons. The molecule has 0 aromatic carbocycles. The molecule has 1 saturated heterocycles. The zero-order chi connectivity index (χ0) is 12.3. The zero-order valence-corrected chi connectivity index (χ0v) is 9.09. The fourth-order valence-corrected chi connectivity index (χ4v) is 1.74. The van der Waals surface area contributed by atoms with Crippen molar-refractivity contribution in [3.05, 3.63) is 29.7 Å². The lowest BCUT2D eigenvalue weighted by atomic mass is 10.2. The number of hydrogen-bond acceptors (Lipinski definition) is 3. The van der Waals surface area contributed by atoms with Crippen LogP contribution in [0.4, 0.5) is 13.2 Å². The summed E-state index contributed by atoms with van der Waals surface area (Å²) in [6, 6.07) is 0. The molecule has 0 spiro atoms. The molecule has 0 bridgehead atoms. The second-order valence-corrected chi connectivity index (χ2v) is 3.72. The highest BCUT2D eigenvalue weighted by Crippen LogP contribution is 2.28. The Labute approximate surface area is 97.0 Å². The molecule has 0 saturated carbocycles. The van der Waals surface area contributed by atoms with Crippen LogP contribution in [0.25, 0.3) is 0 Å². The predicted molar refractivity (Wildman–Crippen MR) is 58.7 cm³/mol. The normalized spacial score (nSPS) is 21.0. The lowest BCUT2D eigenvalue weighted by Gasteiger charge is -2.31. The summed E-state index contributed by atoms with van der Waals surface area (Å²) >= 11 is 0. The molecule has 2 rings (SSSR count). The molecule has 2 heterocycles. The summed E-state index contributed by atoms with van der Waals surface area (Å²) in [5.41, 5.74) is 1.45.